The van der Waals surface area contributed by atoms with Gasteiger partial charge in [0.15, 0.2) is 0 Å². The molecule has 1 fully saturated rings. The molecule has 20 heavy (non-hydrogen) atoms. The first kappa shape index (κ1) is 13.6. The fourth-order valence-electron chi connectivity index (χ4n) is 3.31. The van der Waals surface area contributed by atoms with Crippen LogP contribution in [0.3, 0.4) is 0 Å². The van der Waals surface area contributed by atoms with Crippen molar-refractivity contribution in [2.24, 2.45) is 11.7 Å². The first-order chi connectivity index (χ1) is 9.70. The number of ether oxygens (including phenoxy) is 1. The van der Waals surface area contributed by atoms with Gasteiger partial charge in [-0.3, -0.25) is 0 Å². The summed E-state index contributed by atoms with van der Waals surface area (Å²) < 4.78 is 7.91. The van der Waals surface area contributed by atoms with Crippen molar-refractivity contribution in [1.82, 2.24) is 9.55 Å². The van der Waals surface area contributed by atoms with Gasteiger partial charge in [0.05, 0.1) is 17.1 Å². The molecule has 0 saturated carbocycles. The molecule has 1 saturated heterocycles. The van der Waals surface area contributed by atoms with Gasteiger partial charge in [0.25, 0.3) is 0 Å². The fraction of sp³-hybridized carbons (Fsp3) is 0.562. The molecule has 0 radical (unpaired) electrons. The van der Waals surface area contributed by atoms with Crippen molar-refractivity contribution >= 4 is 11.0 Å². The number of hydrogen-bond donors (Lipinski definition) is 1. The lowest BCUT2D eigenvalue weighted by Crippen LogP contribution is -2.36. The zero-order valence-electron chi connectivity index (χ0n) is 12.2. The Morgan fingerprint density at radius 1 is 1.45 bits per heavy atom. The summed E-state index contributed by atoms with van der Waals surface area (Å²) in [5.74, 6) is 1.54. The summed E-state index contributed by atoms with van der Waals surface area (Å²) in [4.78, 5) is 4.76. The summed E-state index contributed by atoms with van der Waals surface area (Å²) in [6.07, 6.45) is 2.15. The third-order valence-electron chi connectivity index (χ3n) is 4.45. The van der Waals surface area contributed by atoms with Crippen LogP contribution in [0.2, 0.25) is 0 Å². The lowest BCUT2D eigenvalue weighted by molar-refractivity contribution is 0.0992. The molecule has 108 valence electrons. The quantitative estimate of drug-likeness (QED) is 0.930. The molecule has 1 aromatic heterocycles. The van der Waals surface area contributed by atoms with E-state index in [2.05, 4.69) is 36.6 Å². The van der Waals surface area contributed by atoms with Crippen molar-refractivity contribution in [1.29, 1.82) is 0 Å². The minimum atomic E-state index is 0.120. The van der Waals surface area contributed by atoms with Gasteiger partial charge in [-0.1, -0.05) is 12.1 Å². The van der Waals surface area contributed by atoms with E-state index in [0.717, 1.165) is 37.3 Å². The Morgan fingerprint density at radius 3 is 2.95 bits per heavy atom. The summed E-state index contributed by atoms with van der Waals surface area (Å²) in [6.45, 7) is 6.05. The molecule has 3 unspecified atom stereocenters. The Hall–Kier alpha value is -1.39. The number of aromatic nitrogens is 2. The van der Waals surface area contributed by atoms with E-state index in [1.807, 2.05) is 6.07 Å². The molecule has 0 spiro atoms. The number of hydrogen-bond acceptors (Lipinski definition) is 3. The van der Waals surface area contributed by atoms with E-state index in [1.54, 1.807) is 0 Å². The van der Waals surface area contributed by atoms with Gasteiger partial charge in [-0.15, -0.1) is 0 Å². The smallest absolute Gasteiger partial charge is 0.111 e. The van der Waals surface area contributed by atoms with Gasteiger partial charge in [0.2, 0.25) is 0 Å². The lowest BCUT2D eigenvalue weighted by atomic mass is 9.92. The molecule has 4 heteroatoms. The zero-order chi connectivity index (χ0) is 14.1. The number of benzene rings is 1. The maximum Gasteiger partial charge on any atom is 0.111 e. The normalized spacial score (nSPS) is 24.4. The number of fused-ring (bicyclic) bond motifs is 1. The first-order valence-corrected chi connectivity index (χ1v) is 7.52. The van der Waals surface area contributed by atoms with E-state index >= 15 is 0 Å². The minimum absolute atomic E-state index is 0.120. The van der Waals surface area contributed by atoms with E-state index in [4.69, 9.17) is 15.5 Å². The van der Waals surface area contributed by atoms with Crippen molar-refractivity contribution in [2.45, 2.75) is 45.4 Å². The summed E-state index contributed by atoms with van der Waals surface area (Å²) >= 11 is 0. The zero-order valence-corrected chi connectivity index (χ0v) is 12.2. The van der Waals surface area contributed by atoms with E-state index in [-0.39, 0.29) is 12.1 Å². The van der Waals surface area contributed by atoms with Gasteiger partial charge >= 0.3 is 0 Å². The van der Waals surface area contributed by atoms with Crippen LogP contribution in [0, 0.1) is 5.92 Å². The molecule has 1 aliphatic heterocycles. The van der Waals surface area contributed by atoms with Crippen molar-refractivity contribution in [2.75, 3.05) is 6.61 Å². The predicted octanol–water partition coefficient (Wildman–Crippen LogP) is 2.35. The average molecular weight is 273 g/mol. The summed E-state index contributed by atoms with van der Waals surface area (Å²) in [5.41, 5.74) is 8.68. The average Bonchev–Trinajstić information content (AvgIpc) is 3.01. The number of nitrogens with two attached hydrogens (primary N) is 1. The number of aryl methyl sites for hydroxylation is 1. The molecule has 3 rings (SSSR count). The summed E-state index contributed by atoms with van der Waals surface area (Å²) in [5, 5.41) is 0. The van der Waals surface area contributed by atoms with Crippen molar-refractivity contribution in [3.8, 4) is 0 Å². The Kier molecular flexibility index (Phi) is 3.76. The molecule has 1 aliphatic rings. The molecule has 0 bridgehead atoms. The predicted molar refractivity (Wildman–Crippen MR) is 80.6 cm³/mol. The second-order valence-electron chi connectivity index (χ2n) is 5.66. The molecule has 2 N–H and O–H groups in total. The third kappa shape index (κ3) is 2.34. The van der Waals surface area contributed by atoms with Crippen LogP contribution in [-0.2, 0) is 17.7 Å². The molecular weight excluding hydrogens is 250 g/mol. The molecule has 2 aromatic rings. The van der Waals surface area contributed by atoms with Crippen LogP contribution in [0.15, 0.2) is 24.3 Å². The summed E-state index contributed by atoms with van der Waals surface area (Å²) in [7, 11) is 0. The maximum atomic E-state index is 6.41. The number of nitrogens with zero attached hydrogens (tertiary/aromatic N) is 2. The first-order valence-electron chi connectivity index (χ1n) is 7.52. The SMILES string of the molecule is CCn1c(CC(N)C2CCOC2C)nc2ccccc21. The Bertz CT molecular complexity index is 592. The van der Waals surface area contributed by atoms with Crippen LogP contribution >= 0.6 is 0 Å². The summed E-state index contributed by atoms with van der Waals surface area (Å²) in [6, 6.07) is 8.41. The highest BCUT2D eigenvalue weighted by Crippen LogP contribution is 2.25. The lowest BCUT2D eigenvalue weighted by Gasteiger charge is -2.21. The molecule has 3 atom stereocenters. The molecule has 4 nitrogen and oxygen atoms in total. The molecule has 2 heterocycles. The van der Waals surface area contributed by atoms with Crippen LogP contribution in [-0.4, -0.2) is 28.3 Å². The van der Waals surface area contributed by atoms with Crippen molar-refractivity contribution in [3.63, 3.8) is 0 Å². The highest BCUT2D eigenvalue weighted by Gasteiger charge is 2.30. The number of para-hydroxylation sites is 2. The Labute approximate surface area is 119 Å². The molecule has 1 aromatic carbocycles. The highest BCUT2D eigenvalue weighted by atomic mass is 16.5. The topological polar surface area (TPSA) is 53.1 Å². The number of rotatable bonds is 4. The molecular formula is C16H23N3O. The van der Waals surface area contributed by atoms with Crippen LogP contribution < -0.4 is 5.73 Å². The second kappa shape index (κ2) is 5.54. The Morgan fingerprint density at radius 2 is 2.25 bits per heavy atom. The Balaban J connectivity index is 1.86. The maximum absolute atomic E-state index is 6.41. The van der Waals surface area contributed by atoms with Crippen LogP contribution in [0.1, 0.15) is 26.1 Å². The van der Waals surface area contributed by atoms with Gasteiger partial charge < -0.3 is 15.0 Å². The standard InChI is InChI=1S/C16H23N3O/c1-3-19-15-7-5-4-6-14(15)18-16(19)10-13(17)12-8-9-20-11(12)2/h4-7,11-13H,3,8-10,17H2,1-2H3. The molecule has 0 amide bonds. The van der Waals surface area contributed by atoms with Gasteiger partial charge in [0.1, 0.15) is 5.82 Å². The van der Waals surface area contributed by atoms with Gasteiger partial charge in [-0.05, 0) is 32.4 Å². The van der Waals surface area contributed by atoms with E-state index in [9.17, 15) is 0 Å². The fourth-order valence-corrected chi connectivity index (χ4v) is 3.31. The molecule has 0 aliphatic carbocycles. The second-order valence-corrected chi connectivity index (χ2v) is 5.66. The van der Waals surface area contributed by atoms with Crippen LogP contribution in [0.4, 0.5) is 0 Å². The van der Waals surface area contributed by atoms with Crippen LogP contribution in [0.5, 0.6) is 0 Å². The highest BCUT2D eigenvalue weighted by molar-refractivity contribution is 5.75. The number of imidazole rings is 1. The van der Waals surface area contributed by atoms with E-state index in [0.29, 0.717) is 5.92 Å². The van der Waals surface area contributed by atoms with E-state index in [1.165, 1.54) is 5.52 Å². The van der Waals surface area contributed by atoms with E-state index < -0.39 is 0 Å². The third-order valence-corrected chi connectivity index (χ3v) is 4.45. The van der Waals surface area contributed by atoms with Gasteiger partial charge in [-0.2, -0.15) is 0 Å². The monoisotopic (exact) mass is 273 g/mol. The van der Waals surface area contributed by atoms with Crippen LogP contribution in [0.25, 0.3) is 11.0 Å². The largest absolute Gasteiger partial charge is 0.378 e. The van der Waals surface area contributed by atoms with Crippen molar-refractivity contribution in [3.05, 3.63) is 30.1 Å². The van der Waals surface area contributed by atoms with Crippen molar-refractivity contribution < 1.29 is 4.74 Å². The van der Waals surface area contributed by atoms with Gasteiger partial charge in [-0.25, -0.2) is 4.98 Å². The minimum Gasteiger partial charge on any atom is -0.378 e. The van der Waals surface area contributed by atoms with Gasteiger partial charge in [0, 0.05) is 31.5 Å².